The molecule has 0 radical (unpaired) electrons. The molecule has 14 heavy (non-hydrogen) atoms. The largest absolute Gasteiger partial charge is 0.371 e. The molecule has 3 rings (SSSR count). The topological polar surface area (TPSA) is 12.5 Å². The van der Waals surface area contributed by atoms with Gasteiger partial charge >= 0.3 is 0 Å². The molecule has 0 amide bonds. The fraction of sp³-hybridized carbons (Fsp3) is 0.500. The summed E-state index contributed by atoms with van der Waals surface area (Å²) in [6.45, 7) is 2.14. The fourth-order valence-electron chi connectivity index (χ4n) is 2.46. The van der Waals surface area contributed by atoms with Crippen molar-refractivity contribution in [3.05, 3.63) is 30.3 Å². The first-order chi connectivity index (χ1) is 6.92. The van der Waals surface area contributed by atoms with E-state index in [9.17, 15) is 0 Å². The van der Waals surface area contributed by atoms with E-state index in [1.807, 2.05) is 0 Å². The Bertz CT molecular complexity index is 299. The van der Waals surface area contributed by atoms with Gasteiger partial charge in [-0.3, -0.25) is 0 Å². The van der Waals surface area contributed by atoms with Crippen molar-refractivity contribution in [3.63, 3.8) is 0 Å². The van der Waals surface area contributed by atoms with E-state index in [-0.39, 0.29) is 0 Å². The Morgan fingerprint density at radius 3 is 2.29 bits per heavy atom. The molecule has 0 spiro atoms. The van der Waals surface area contributed by atoms with Gasteiger partial charge in [0.25, 0.3) is 0 Å². The highest BCUT2D eigenvalue weighted by molar-refractivity contribution is 5.46. The average Bonchev–Trinajstić information content (AvgIpc) is 2.59. The molecule has 2 nitrogen and oxygen atoms in total. The molecule has 0 saturated carbocycles. The molecule has 2 atom stereocenters. The van der Waals surface area contributed by atoms with Gasteiger partial charge in [-0.05, 0) is 25.0 Å². The van der Waals surface area contributed by atoms with Crippen molar-refractivity contribution in [1.82, 2.24) is 0 Å². The van der Waals surface area contributed by atoms with Crippen molar-refractivity contribution in [1.29, 1.82) is 0 Å². The lowest BCUT2D eigenvalue weighted by Crippen LogP contribution is -2.42. The van der Waals surface area contributed by atoms with Crippen LogP contribution in [0.5, 0.6) is 0 Å². The van der Waals surface area contributed by atoms with Gasteiger partial charge in [0, 0.05) is 18.8 Å². The van der Waals surface area contributed by atoms with Crippen molar-refractivity contribution >= 4 is 5.69 Å². The SMILES string of the molecule is c1ccc(N2CC3CCC(C2)O3)cc1. The predicted molar refractivity (Wildman–Crippen MR) is 56.6 cm³/mol. The molecular formula is C12H15NO. The predicted octanol–water partition coefficient (Wildman–Crippen LogP) is 2.05. The first-order valence-electron chi connectivity index (χ1n) is 5.37. The summed E-state index contributed by atoms with van der Waals surface area (Å²) >= 11 is 0. The van der Waals surface area contributed by atoms with Crippen molar-refractivity contribution in [3.8, 4) is 0 Å². The van der Waals surface area contributed by atoms with Crippen LogP contribution in [0.3, 0.4) is 0 Å². The Kier molecular flexibility index (Phi) is 1.95. The van der Waals surface area contributed by atoms with Crippen molar-refractivity contribution in [2.24, 2.45) is 0 Å². The molecule has 2 bridgehead atoms. The number of para-hydroxylation sites is 1. The molecule has 74 valence electrons. The minimum absolute atomic E-state index is 0.481. The van der Waals surface area contributed by atoms with Gasteiger partial charge in [0.2, 0.25) is 0 Å². The molecule has 2 heterocycles. The second kappa shape index (κ2) is 3.28. The third-order valence-electron chi connectivity index (χ3n) is 3.16. The van der Waals surface area contributed by atoms with Gasteiger partial charge in [-0.1, -0.05) is 18.2 Å². The van der Waals surface area contributed by atoms with E-state index in [1.54, 1.807) is 0 Å². The van der Waals surface area contributed by atoms with Gasteiger partial charge in [0.15, 0.2) is 0 Å². The van der Waals surface area contributed by atoms with E-state index in [1.165, 1.54) is 18.5 Å². The Labute approximate surface area is 84.5 Å². The summed E-state index contributed by atoms with van der Waals surface area (Å²) in [6, 6.07) is 10.6. The van der Waals surface area contributed by atoms with Crippen LogP contribution in [0.25, 0.3) is 0 Å². The molecule has 2 unspecified atom stereocenters. The van der Waals surface area contributed by atoms with Gasteiger partial charge in [-0.2, -0.15) is 0 Å². The molecule has 1 aromatic carbocycles. The third-order valence-corrected chi connectivity index (χ3v) is 3.16. The van der Waals surface area contributed by atoms with Gasteiger partial charge in [-0.25, -0.2) is 0 Å². The van der Waals surface area contributed by atoms with Gasteiger partial charge in [-0.15, -0.1) is 0 Å². The summed E-state index contributed by atoms with van der Waals surface area (Å²) in [5.74, 6) is 0. The zero-order valence-electron chi connectivity index (χ0n) is 8.23. The van der Waals surface area contributed by atoms with Crippen LogP contribution in [0, 0.1) is 0 Å². The highest BCUT2D eigenvalue weighted by atomic mass is 16.5. The normalized spacial score (nSPS) is 30.7. The molecule has 2 saturated heterocycles. The van der Waals surface area contributed by atoms with Crippen LogP contribution in [0.4, 0.5) is 5.69 Å². The smallest absolute Gasteiger partial charge is 0.0755 e. The van der Waals surface area contributed by atoms with E-state index in [4.69, 9.17) is 4.74 Å². The highest BCUT2D eigenvalue weighted by Crippen LogP contribution is 2.29. The fourth-order valence-corrected chi connectivity index (χ4v) is 2.46. The van der Waals surface area contributed by atoms with Crippen LogP contribution >= 0.6 is 0 Å². The number of ether oxygens (including phenoxy) is 1. The average molecular weight is 189 g/mol. The molecule has 0 N–H and O–H groups in total. The van der Waals surface area contributed by atoms with Crippen molar-refractivity contribution in [2.45, 2.75) is 25.0 Å². The first-order valence-corrected chi connectivity index (χ1v) is 5.37. The minimum atomic E-state index is 0.481. The Morgan fingerprint density at radius 2 is 1.64 bits per heavy atom. The highest BCUT2D eigenvalue weighted by Gasteiger charge is 2.33. The van der Waals surface area contributed by atoms with E-state index < -0.39 is 0 Å². The number of benzene rings is 1. The zero-order chi connectivity index (χ0) is 9.38. The number of hydrogen-bond donors (Lipinski definition) is 0. The minimum Gasteiger partial charge on any atom is -0.371 e. The Morgan fingerprint density at radius 1 is 1.00 bits per heavy atom. The number of nitrogens with zero attached hydrogens (tertiary/aromatic N) is 1. The lowest BCUT2D eigenvalue weighted by atomic mass is 10.2. The molecule has 2 fully saturated rings. The van der Waals surface area contributed by atoms with Gasteiger partial charge < -0.3 is 9.64 Å². The first kappa shape index (κ1) is 8.30. The summed E-state index contributed by atoms with van der Waals surface area (Å²) in [6.07, 6.45) is 3.45. The van der Waals surface area contributed by atoms with Gasteiger partial charge in [0.1, 0.15) is 0 Å². The number of morpholine rings is 1. The third kappa shape index (κ3) is 1.40. The maximum absolute atomic E-state index is 5.81. The van der Waals surface area contributed by atoms with Crippen LogP contribution in [-0.2, 0) is 4.74 Å². The van der Waals surface area contributed by atoms with E-state index >= 15 is 0 Å². The Balaban J connectivity index is 1.81. The maximum atomic E-state index is 5.81. The zero-order valence-corrected chi connectivity index (χ0v) is 8.23. The standard InChI is InChI=1S/C12H15NO/c1-2-4-10(5-3-1)13-8-11-6-7-12(9-13)14-11/h1-5,11-12H,6-9H2. The molecule has 2 heteroatoms. The summed E-state index contributed by atoms with van der Waals surface area (Å²) in [4.78, 5) is 2.45. The summed E-state index contributed by atoms with van der Waals surface area (Å²) in [7, 11) is 0. The van der Waals surface area contributed by atoms with Crippen LogP contribution in [-0.4, -0.2) is 25.3 Å². The lowest BCUT2D eigenvalue weighted by molar-refractivity contribution is 0.0305. The molecule has 0 aliphatic carbocycles. The van der Waals surface area contributed by atoms with Crippen LogP contribution in [0.15, 0.2) is 30.3 Å². The summed E-state index contributed by atoms with van der Waals surface area (Å²) < 4.78 is 5.81. The van der Waals surface area contributed by atoms with Crippen molar-refractivity contribution < 1.29 is 4.74 Å². The monoisotopic (exact) mass is 189 g/mol. The van der Waals surface area contributed by atoms with E-state index in [0.717, 1.165) is 13.1 Å². The van der Waals surface area contributed by atoms with Gasteiger partial charge in [0.05, 0.1) is 12.2 Å². The van der Waals surface area contributed by atoms with Crippen LogP contribution in [0.1, 0.15) is 12.8 Å². The molecule has 1 aromatic rings. The summed E-state index contributed by atoms with van der Waals surface area (Å²) in [5.41, 5.74) is 1.34. The lowest BCUT2D eigenvalue weighted by Gasteiger charge is -2.33. The van der Waals surface area contributed by atoms with Crippen LogP contribution < -0.4 is 4.90 Å². The molecule has 0 aromatic heterocycles. The number of hydrogen-bond acceptors (Lipinski definition) is 2. The van der Waals surface area contributed by atoms with Crippen molar-refractivity contribution in [2.75, 3.05) is 18.0 Å². The number of fused-ring (bicyclic) bond motifs is 2. The molecule has 2 aliphatic heterocycles. The maximum Gasteiger partial charge on any atom is 0.0755 e. The summed E-state index contributed by atoms with van der Waals surface area (Å²) in [5, 5.41) is 0. The quantitative estimate of drug-likeness (QED) is 0.670. The number of anilines is 1. The second-order valence-corrected chi connectivity index (χ2v) is 4.20. The van der Waals surface area contributed by atoms with E-state index in [2.05, 4.69) is 35.2 Å². The molecular weight excluding hydrogens is 174 g/mol. The molecule has 2 aliphatic rings. The number of rotatable bonds is 1. The second-order valence-electron chi connectivity index (χ2n) is 4.20. The Hall–Kier alpha value is -1.02. The van der Waals surface area contributed by atoms with Crippen LogP contribution in [0.2, 0.25) is 0 Å². The van der Waals surface area contributed by atoms with E-state index in [0.29, 0.717) is 12.2 Å².